The zero-order valence-electron chi connectivity index (χ0n) is 13.1. The lowest BCUT2D eigenvalue weighted by molar-refractivity contribution is -0.123. The number of nitrogens with zero attached hydrogens (tertiary/aromatic N) is 1. The van der Waals surface area contributed by atoms with E-state index in [-0.39, 0.29) is 18.3 Å². The Morgan fingerprint density at radius 2 is 1.96 bits per heavy atom. The molecule has 0 fully saturated rings. The van der Waals surface area contributed by atoms with Crippen molar-refractivity contribution in [2.45, 2.75) is 13.8 Å². The second kappa shape index (κ2) is 8.30. The van der Waals surface area contributed by atoms with Crippen LogP contribution in [0.5, 0.6) is 11.5 Å². The Balaban J connectivity index is 1.90. The maximum absolute atomic E-state index is 11.8. The number of carbonyl (C=O) groups is 1. The Hall–Kier alpha value is -1.86. The van der Waals surface area contributed by atoms with Gasteiger partial charge in [-0.25, -0.2) is 5.43 Å². The monoisotopic (exact) mass is 454 g/mol. The molecule has 126 valence electrons. The second-order valence-corrected chi connectivity index (χ2v) is 6.82. The van der Waals surface area contributed by atoms with E-state index in [0.717, 1.165) is 11.1 Å². The van der Waals surface area contributed by atoms with Crippen LogP contribution in [0.25, 0.3) is 0 Å². The van der Waals surface area contributed by atoms with Gasteiger partial charge >= 0.3 is 0 Å². The number of phenolic OH excluding ortho intramolecular Hbond substituents is 1. The van der Waals surface area contributed by atoms with Crippen molar-refractivity contribution < 1.29 is 14.6 Å². The van der Waals surface area contributed by atoms with Crippen molar-refractivity contribution in [1.29, 1.82) is 0 Å². The first-order chi connectivity index (χ1) is 11.4. The number of amides is 1. The summed E-state index contributed by atoms with van der Waals surface area (Å²) in [6.45, 7) is 3.81. The largest absolute Gasteiger partial charge is 0.506 e. The molecule has 0 aliphatic heterocycles. The molecule has 0 saturated heterocycles. The minimum Gasteiger partial charge on any atom is -0.506 e. The molecule has 0 spiro atoms. The molecule has 0 aliphatic carbocycles. The molecule has 0 atom stereocenters. The van der Waals surface area contributed by atoms with E-state index in [1.54, 1.807) is 12.1 Å². The topological polar surface area (TPSA) is 70.9 Å². The quantitative estimate of drug-likeness (QED) is 0.527. The van der Waals surface area contributed by atoms with E-state index in [0.29, 0.717) is 20.3 Å². The number of halogens is 2. The molecule has 0 radical (unpaired) electrons. The van der Waals surface area contributed by atoms with Crippen molar-refractivity contribution in [2.24, 2.45) is 5.10 Å². The van der Waals surface area contributed by atoms with Gasteiger partial charge in [0.15, 0.2) is 6.61 Å². The molecule has 24 heavy (non-hydrogen) atoms. The van der Waals surface area contributed by atoms with E-state index < -0.39 is 0 Å². The summed E-state index contributed by atoms with van der Waals surface area (Å²) >= 11 is 6.46. The third-order valence-corrected chi connectivity index (χ3v) is 4.56. The van der Waals surface area contributed by atoms with Crippen LogP contribution in [-0.4, -0.2) is 23.8 Å². The fraction of sp³-hybridized carbons (Fsp3) is 0.176. The zero-order chi connectivity index (χ0) is 17.7. The van der Waals surface area contributed by atoms with Gasteiger partial charge in [0.1, 0.15) is 11.5 Å². The van der Waals surface area contributed by atoms with Gasteiger partial charge in [0, 0.05) is 0 Å². The molecule has 2 aromatic carbocycles. The average molecular weight is 456 g/mol. The van der Waals surface area contributed by atoms with Crippen molar-refractivity contribution in [3.63, 3.8) is 0 Å². The van der Waals surface area contributed by atoms with Crippen molar-refractivity contribution in [3.8, 4) is 11.5 Å². The van der Waals surface area contributed by atoms with Crippen LogP contribution in [0.2, 0.25) is 0 Å². The molecular formula is C17H16Br2N2O3. The molecule has 1 amide bonds. The number of aromatic hydroxyl groups is 1. The molecule has 2 rings (SSSR count). The number of hydrazone groups is 1. The summed E-state index contributed by atoms with van der Waals surface area (Å²) in [6.07, 6.45) is 1.48. The number of benzene rings is 2. The third kappa shape index (κ3) is 4.82. The van der Waals surface area contributed by atoms with E-state index in [1.165, 1.54) is 6.21 Å². The molecule has 0 saturated carbocycles. The Morgan fingerprint density at radius 1 is 1.29 bits per heavy atom. The predicted molar refractivity (Wildman–Crippen MR) is 101 cm³/mol. The highest BCUT2D eigenvalue weighted by atomic mass is 79.9. The zero-order valence-corrected chi connectivity index (χ0v) is 16.3. The van der Waals surface area contributed by atoms with Crippen LogP contribution in [0.15, 0.2) is 44.4 Å². The first-order valence-electron chi connectivity index (χ1n) is 7.07. The summed E-state index contributed by atoms with van der Waals surface area (Å²) in [5.41, 5.74) is 5.22. The Bertz CT molecular complexity index is 768. The Morgan fingerprint density at radius 3 is 2.62 bits per heavy atom. The lowest BCUT2D eigenvalue weighted by Gasteiger charge is -2.09. The smallest absolute Gasteiger partial charge is 0.277 e. The molecule has 2 aromatic rings. The normalized spacial score (nSPS) is 10.8. The molecule has 7 heteroatoms. The van der Waals surface area contributed by atoms with Gasteiger partial charge in [-0.05, 0) is 80.6 Å². The van der Waals surface area contributed by atoms with Crippen molar-refractivity contribution in [3.05, 3.63) is 56.0 Å². The minimum atomic E-state index is -0.357. The van der Waals surface area contributed by atoms with Gasteiger partial charge in [-0.3, -0.25) is 4.79 Å². The Labute approximate surface area is 157 Å². The van der Waals surface area contributed by atoms with E-state index in [9.17, 15) is 9.90 Å². The number of aryl methyl sites for hydroxylation is 1. The standard InChI is InChI=1S/C17H16Br2N2O3/c1-10-4-3-5-15(11(10)2)24-9-16(22)21-20-8-12-6-13(18)17(23)14(19)7-12/h3-8,23H,9H2,1-2H3,(H,21,22)/b20-8-. The van der Waals surface area contributed by atoms with Gasteiger partial charge in [-0.1, -0.05) is 12.1 Å². The predicted octanol–water partition coefficient (Wildman–Crippen LogP) is 4.06. The summed E-state index contributed by atoms with van der Waals surface area (Å²) in [5, 5.41) is 13.5. The van der Waals surface area contributed by atoms with Crippen LogP contribution in [0.4, 0.5) is 0 Å². The number of nitrogens with one attached hydrogen (secondary N) is 1. The van der Waals surface area contributed by atoms with Crippen LogP contribution < -0.4 is 10.2 Å². The van der Waals surface area contributed by atoms with Crippen molar-refractivity contribution in [2.75, 3.05) is 6.61 Å². The Kier molecular flexibility index (Phi) is 6.39. The summed E-state index contributed by atoms with van der Waals surface area (Å²) in [5.74, 6) is 0.433. The summed E-state index contributed by atoms with van der Waals surface area (Å²) in [4.78, 5) is 11.8. The number of carbonyl (C=O) groups excluding carboxylic acids is 1. The first-order valence-corrected chi connectivity index (χ1v) is 8.66. The van der Waals surface area contributed by atoms with Gasteiger partial charge in [-0.15, -0.1) is 0 Å². The molecular weight excluding hydrogens is 440 g/mol. The van der Waals surface area contributed by atoms with Crippen LogP contribution in [0, 0.1) is 13.8 Å². The van der Waals surface area contributed by atoms with Gasteiger partial charge in [0.25, 0.3) is 5.91 Å². The molecule has 0 heterocycles. The number of ether oxygens (including phenoxy) is 1. The van der Waals surface area contributed by atoms with Gasteiger partial charge in [0.2, 0.25) is 0 Å². The second-order valence-electron chi connectivity index (χ2n) is 5.11. The highest BCUT2D eigenvalue weighted by Crippen LogP contribution is 2.32. The highest BCUT2D eigenvalue weighted by Gasteiger charge is 2.06. The summed E-state index contributed by atoms with van der Waals surface area (Å²) in [6, 6.07) is 9.06. The number of phenols is 1. The van der Waals surface area contributed by atoms with Crippen molar-refractivity contribution in [1.82, 2.24) is 5.43 Å². The van der Waals surface area contributed by atoms with Crippen molar-refractivity contribution >= 4 is 44.0 Å². The summed E-state index contributed by atoms with van der Waals surface area (Å²) in [7, 11) is 0. The van der Waals surface area contributed by atoms with E-state index >= 15 is 0 Å². The number of hydrogen-bond acceptors (Lipinski definition) is 4. The molecule has 0 bridgehead atoms. The maximum Gasteiger partial charge on any atom is 0.277 e. The minimum absolute atomic E-state index is 0.109. The lowest BCUT2D eigenvalue weighted by atomic mass is 10.1. The fourth-order valence-corrected chi connectivity index (χ4v) is 3.12. The fourth-order valence-electron chi connectivity index (χ4n) is 1.89. The van der Waals surface area contributed by atoms with Crippen LogP contribution in [0.1, 0.15) is 16.7 Å². The average Bonchev–Trinajstić information content (AvgIpc) is 2.54. The molecule has 0 aliphatic rings. The SMILES string of the molecule is Cc1cccc(OCC(=O)N/N=C\c2cc(Br)c(O)c(Br)c2)c1C. The number of rotatable bonds is 5. The van der Waals surface area contributed by atoms with Gasteiger partial charge < -0.3 is 9.84 Å². The van der Waals surface area contributed by atoms with E-state index in [4.69, 9.17) is 4.74 Å². The summed E-state index contributed by atoms with van der Waals surface area (Å²) < 4.78 is 6.56. The first kappa shape index (κ1) is 18.5. The molecule has 0 aromatic heterocycles. The number of hydrogen-bond donors (Lipinski definition) is 2. The lowest BCUT2D eigenvalue weighted by Crippen LogP contribution is -2.24. The van der Waals surface area contributed by atoms with E-state index in [1.807, 2.05) is 32.0 Å². The highest BCUT2D eigenvalue weighted by molar-refractivity contribution is 9.11. The van der Waals surface area contributed by atoms with Gasteiger partial charge in [-0.2, -0.15) is 5.10 Å². The molecule has 5 nitrogen and oxygen atoms in total. The van der Waals surface area contributed by atoms with E-state index in [2.05, 4.69) is 42.4 Å². The molecule has 2 N–H and O–H groups in total. The van der Waals surface area contributed by atoms with Crippen LogP contribution in [0.3, 0.4) is 0 Å². The third-order valence-electron chi connectivity index (χ3n) is 3.36. The van der Waals surface area contributed by atoms with Crippen LogP contribution >= 0.6 is 31.9 Å². The van der Waals surface area contributed by atoms with Gasteiger partial charge in [0.05, 0.1) is 15.2 Å². The molecule has 0 unspecified atom stereocenters. The van der Waals surface area contributed by atoms with Crippen LogP contribution in [-0.2, 0) is 4.79 Å². The maximum atomic E-state index is 11.8.